The number of carboxylic acid groups (broad SMARTS) is 1. The first-order valence-electron chi connectivity index (χ1n) is 14.1. The number of aromatic carboxylic acids is 1. The van der Waals surface area contributed by atoms with Crippen LogP contribution in [0.5, 0.6) is 0 Å². The Kier molecular flexibility index (Phi) is 13.9. The molecule has 41 heavy (non-hydrogen) atoms. The van der Waals surface area contributed by atoms with Crippen molar-refractivity contribution >= 4 is 41.5 Å². The van der Waals surface area contributed by atoms with Crippen LogP contribution in [-0.4, -0.2) is 28.1 Å². The second-order valence-corrected chi connectivity index (χ2v) is 10.4. The summed E-state index contributed by atoms with van der Waals surface area (Å²) in [5.41, 5.74) is 3.36. The number of carbonyl (C=O) groups excluding carboxylic acids is 1. The van der Waals surface area contributed by atoms with Gasteiger partial charge in [0.2, 0.25) is 5.91 Å². The Bertz CT molecular complexity index is 1470. The summed E-state index contributed by atoms with van der Waals surface area (Å²) in [6.45, 7) is 21.1. The number of anilines is 1. The van der Waals surface area contributed by atoms with E-state index in [0.29, 0.717) is 6.54 Å². The maximum atomic E-state index is 13.8. The van der Waals surface area contributed by atoms with E-state index in [1.165, 1.54) is 17.3 Å². The zero-order valence-electron chi connectivity index (χ0n) is 25.2. The first kappa shape index (κ1) is 35.5. The monoisotopic (exact) mass is 576 g/mol. The van der Waals surface area contributed by atoms with Crippen molar-refractivity contribution in [3.63, 3.8) is 0 Å². The molecule has 0 radical (unpaired) electrons. The molecule has 0 fully saturated rings. The van der Waals surface area contributed by atoms with Crippen molar-refractivity contribution in [3.05, 3.63) is 88.6 Å². The van der Waals surface area contributed by atoms with Crippen LogP contribution in [0.25, 0.3) is 12.2 Å². The van der Waals surface area contributed by atoms with Gasteiger partial charge in [0.1, 0.15) is 6.54 Å². The quantitative estimate of drug-likeness (QED) is 0.312. The summed E-state index contributed by atoms with van der Waals surface area (Å²) in [6, 6.07) is 15.1. The molecule has 0 spiro atoms. The Labute approximate surface area is 251 Å². The standard InChI is InChI=1S/C30H32N2O3S.2C2H6.CH4/c1-6-12-25-23(7-2)28(36-22-14-11-13-21(17-22)29(34)35)20(4)31(25)18-27(33)32-19-30(5,8-3)24-15-9-10-16-26(24)32;2*1-2;/h6-7,9-17H,1,8,18-19H2,2-5H3,(H,34,35);2*1-2H3;1H4/b23-7+,25-12+;;;. The smallest absolute Gasteiger partial charge is 0.335 e. The number of amides is 1. The van der Waals surface area contributed by atoms with Crippen LogP contribution in [0, 0.1) is 6.92 Å². The van der Waals surface area contributed by atoms with E-state index < -0.39 is 5.97 Å². The van der Waals surface area contributed by atoms with Gasteiger partial charge in [0.25, 0.3) is 0 Å². The lowest BCUT2D eigenvalue weighted by Crippen LogP contribution is -2.40. The van der Waals surface area contributed by atoms with E-state index in [-0.39, 0.29) is 30.9 Å². The summed E-state index contributed by atoms with van der Waals surface area (Å²) < 4.78 is 2.05. The number of aromatic nitrogens is 1. The number of carboxylic acids is 1. The lowest BCUT2D eigenvalue weighted by molar-refractivity contribution is -0.119. The van der Waals surface area contributed by atoms with Crippen LogP contribution in [0.4, 0.5) is 5.69 Å². The van der Waals surface area contributed by atoms with E-state index in [2.05, 4.69) is 26.5 Å². The lowest BCUT2D eigenvalue weighted by Gasteiger charge is -2.24. The zero-order valence-corrected chi connectivity index (χ0v) is 26.1. The molecule has 4 rings (SSSR count). The molecule has 3 aromatic rings. The summed E-state index contributed by atoms with van der Waals surface area (Å²) >= 11 is 1.51. The molecule has 1 aromatic heterocycles. The van der Waals surface area contributed by atoms with E-state index in [9.17, 15) is 14.7 Å². The number of hydrogen-bond acceptors (Lipinski definition) is 3. The molecular formula is C35H48N2O3S. The van der Waals surface area contributed by atoms with Gasteiger partial charge in [-0.25, -0.2) is 4.79 Å². The van der Waals surface area contributed by atoms with Crippen molar-refractivity contribution in [2.24, 2.45) is 0 Å². The van der Waals surface area contributed by atoms with Crippen molar-refractivity contribution in [3.8, 4) is 0 Å². The van der Waals surface area contributed by atoms with Gasteiger partial charge in [-0.15, -0.1) is 0 Å². The Morgan fingerprint density at radius 1 is 1.10 bits per heavy atom. The second-order valence-electron chi connectivity index (χ2n) is 9.34. The summed E-state index contributed by atoms with van der Waals surface area (Å²) in [6.07, 6.45) is 6.66. The van der Waals surface area contributed by atoms with E-state index in [1.807, 2.05) is 87.4 Å². The molecule has 1 aliphatic rings. The average molecular weight is 577 g/mol. The molecule has 2 heterocycles. The number of hydrogen-bond donors (Lipinski definition) is 1. The summed E-state index contributed by atoms with van der Waals surface area (Å²) in [5, 5.41) is 11.3. The molecule has 5 nitrogen and oxygen atoms in total. The molecule has 222 valence electrons. The fourth-order valence-electron chi connectivity index (χ4n) is 4.96. The van der Waals surface area contributed by atoms with E-state index in [0.717, 1.165) is 38.2 Å². The fourth-order valence-corrected chi connectivity index (χ4v) is 6.12. The second kappa shape index (κ2) is 16.1. The minimum Gasteiger partial charge on any atom is -0.478 e. The van der Waals surface area contributed by atoms with Crippen molar-refractivity contribution < 1.29 is 14.7 Å². The van der Waals surface area contributed by atoms with Crippen LogP contribution in [0.15, 0.2) is 71.0 Å². The highest BCUT2D eigenvalue weighted by atomic mass is 32.2. The normalized spacial score (nSPS) is 16.0. The van der Waals surface area contributed by atoms with Gasteiger partial charge < -0.3 is 14.6 Å². The van der Waals surface area contributed by atoms with Crippen molar-refractivity contribution in [1.82, 2.24) is 4.57 Å². The van der Waals surface area contributed by atoms with Gasteiger partial charge in [-0.1, -0.05) is 104 Å². The van der Waals surface area contributed by atoms with Crippen LogP contribution >= 0.6 is 11.8 Å². The van der Waals surface area contributed by atoms with Crippen molar-refractivity contribution in [1.29, 1.82) is 0 Å². The highest BCUT2D eigenvalue weighted by molar-refractivity contribution is 7.99. The van der Waals surface area contributed by atoms with Crippen LogP contribution in [-0.2, 0) is 16.8 Å². The maximum absolute atomic E-state index is 13.8. The summed E-state index contributed by atoms with van der Waals surface area (Å²) in [7, 11) is 0. The number of nitrogens with zero attached hydrogens (tertiary/aromatic N) is 2. The minimum absolute atomic E-state index is 0. The third-order valence-corrected chi connectivity index (χ3v) is 8.35. The third-order valence-electron chi connectivity index (χ3n) is 7.14. The number of benzene rings is 2. The van der Waals surface area contributed by atoms with Gasteiger partial charge in [0.15, 0.2) is 0 Å². The number of para-hydroxylation sites is 1. The molecule has 1 amide bonds. The number of rotatable bonds is 7. The highest BCUT2D eigenvalue weighted by Crippen LogP contribution is 2.42. The third kappa shape index (κ3) is 7.42. The van der Waals surface area contributed by atoms with Gasteiger partial charge in [0, 0.05) is 43.7 Å². The molecule has 6 heteroatoms. The van der Waals surface area contributed by atoms with Gasteiger partial charge in [-0.2, -0.15) is 0 Å². The number of carbonyl (C=O) groups is 2. The molecule has 2 aromatic carbocycles. The van der Waals surface area contributed by atoms with E-state index in [4.69, 9.17) is 0 Å². The molecule has 0 saturated heterocycles. The zero-order chi connectivity index (χ0) is 30.0. The first-order chi connectivity index (χ1) is 19.2. The average Bonchev–Trinajstić information content (AvgIpc) is 3.42. The topological polar surface area (TPSA) is 62.5 Å². The summed E-state index contributed by atoms with van der Waals surface area (Å²) in [5.74, 6) is -0.909. The lowest BCUT2D eigenvalue weighted by atomic mass is 9.82. The van der Waals surface area contributed by atoms with Gasteiger partial charge >= 0.3 is 5.97 Å². The van der Waals surface area contributed by atoms with Crippen LogP contribution < -0.4 is 15.5 Å². The highest BCUT2D eigenvalue weighted by Gasteiger charge is 2.39. The van der Waals surface area contributed by atoms with Crippen LogP contribution in [0.1, 0.15) is 83.9 Å². The van der Waals surface area contributed by atoms with E-state index >= 15 is 0 Å². The first-order valence-corrected chi connectivity index (χ1v) is 14.9. The van der Waals surface area contributed by atoms with Crippen LogP contribution in [0.2, 0.25) is 0 Å². The predicted octanol–water partition coefficient (Wildman–Crippen LogP) is 7.82. The van der Waals surface area contributed by atoms with Crippen LogP contribution in [0.3, 0.4) is 0 Å². The van der Waals surface area contributed by atoms with Gasteiger partial charge in [0.05, 0.1) is 5.56 Å². The molecule has 0 saturated carbocycles. The largest absolute Gasteiger partial charge is 0.478 e. The molecule has 1 unspecified atom stereocenters. The van der Waals surface area contributed by atoms with E-state index in [1.54, 1.807) is 24.3 Å². The fraction of sp³-hybridized carbons (Fsp3) is 0.371. The molecule has 0 bridgehead atoms. The Morgan fingerprint density at radius 2 is 1.76 bits per heavy atom. The van der Waals surface area contributed by atoms with Crippen molar-refractivity contribution in [2.45, 2.75) is 91.0 Å². The molecule has 1 atom stereocenters. The Hall–Kier alpha value is -3.51. The summed E-state index contributed by atoms with van der Waals surface area (Å²) in [4.78, 5) is 29.0. The molecule has 1 N–H and O–H groups in total. The Morgan fingerprint density at radius 3 is 2.34 bits per heavy atom. The number of allylic oxidation sites excluding steroid dienone is 1. The SMILES string of the molecule is C.C=C/C=c1\c(=C/C)c(Sc2cccc(C(=O)O)c2)c(C)n1CC(=O)N1CC(C)(CC)c2ccccc21.CC.CC. The number of fused-ring (bicyclic) bond motifs is 1. The molecule has 0 aliphatic carbocycles. The molecule has 1 aliphatic heterocycles. The Balaban J connectivity index is 0.00000161. The van der Waals surface area contributed by atoms with Gasteiger partial charge in [-0.05, 0) is 56.2 Å². The maximum Gasteiger partial charge on any atom is 0.335 e. The minimum atomic E-state index is -0.953. The predicted molar refractivity (Wildman–Crippen MR) is 177 cm³/mol. The molecular weight excluding hydrogens is 528 g/mol. The van der Waals surface area contributed by atoms with Gasteiger partial charge in [-0.3, -0.25) is 4.79 Å². The van der Waals surface area contributed by atoms with Crippen molar-refractivity contribution in [2.75, 3.05) is 11.4 Å².